The summed E-state index contributed by atoms with van der Waals surface area (Å²) in [5.41, 5.74) is 0.281. The molecule has 1 aliphatic heterocycles. The lowest BCUT2D eigenvalue weighted by Crippen LogP contribution is -2.31. The van der Waals surface area contributed by atoms with E-state index in [9.17, 15) is 18.8 Å². The van der Waals surface area contributed by atoms with Crippen molar-refractivity contribution in [2.45, 2.75) is 19.4 Å². The number of halogens is 1. The molecule has 0 bridgehead atoms. The van der Waals surface area contributed by atoms with E-state index in [0.717, 1.165) is 23.5 Å². The third-order valence-corrected chi connectivity index (χ3v) is 5.52. The zero-order valence-electron chi connectivity index (χ0n) is 18.3. The molecule has 10 heteroatoms. The summed E-state index contributed by atoms with van der Waals surface area (Å²) in [4.78, 5) is 44.4. The van der Waals surface area contributed by atoms with Crippen LogP contribution in [0.3, 0.4) is 0 Å². The van der Waals surface area contributed by atoms with E-state index in [1.165, 1.54) is 44.8 Å². The molecule has 0 atom stereocenters. The zero-order chi connectivity index (χ0) is 23.5. The van der Waals surface area contributed by atoms with Crippen LogP contribution in [-0.2, 0) is 11.3 Å². The molecule has 3 aromatic rings. The highest BCUT2D eigenvalue weighted by Gasteiger charge is 2.25. The molecule has 0 aliphatic carbocycles. The first-order chi connectivity index (χ1) is 15.9. The van der Waals surface area contributed by atoms with E-state index in [4.69, 9.17) is 9.47 Å². The Labute approximate surface area is 188 Å². The molecule has 0 spiro atoms. The molecule has 33 heavy (non-hydrogen) atoms. The number of methoxy groups -OCH3 is 2. The predicted molar refractivity (Wildman–Crippen MR) is 119 cm³/mol. The number of fused-ring (bicyclic) bond motifs is 1. The molecule has 4 rings (SSSR count). The van der Waals surface area contributed by atoms with E-state index in [0.29, 0.717) is 30.1 Å². The van der Waals surface area contributed by atoms with Crippen LogP contribution in [0.4, 0.5) is 10.1 Å². The summed E-state index contributed by atoms with van der Waals surface area (Å²) in [7, 11) is 2.91. The van der Waals surface area contributed by atoms with Crippen molar-refractivity contribution in [2.24, 2.45) is 0 Å². The maximum absolute atomic E-state index is 13.6. The predicted octanol–water partition coefficient (Wildman–Crippen LogP) is 2.43. The fourth-order valence-electron chi connectivity index (χ4n) is 3.84. The topological polar surface area (TPSA) is 103 Å². The van der Waals surface area contributed by atoms with Gasteiger partial charge in [0.15, 0.2) is 11.5 Å². The number of anilines is 1. The lowest BCUT2D eigenvalue weighted by molar-refractivity contribution is -0.116. The van der Waals surface area contributed by atoms with E-state index < -0.39 is 17.3 Å². The minimum atomic E-state index is -0.570. The van der Waals surface area contributed by atoms with E-state index in [2.05, 4.69) is 10.3 Å². The number of ether oxygens (including phenoxy) is 2. The number of aromatic nitrogens is 2. The molecule has 172 valence electrons. The van der Waals surface area contributed by atoms with Crippen LogP contribution in [0.25, 0.3) is 10.9 Å². The Morgan fingerprint density at radius 1 is 1.09 bits per heavy atom. The van der Waals surface area contributed by atoms with Crippen LogP contribution >= 0.6 is 0 Å². The summed E-state index contributed by atoms with van der Waals surface area (Å²) in [6.07, 6.45) is 3.06. The van der Waals surface area contributed by atoms with Crippen LogP contribution in [-0.4, -0.2) is 53.6 Å². The Bertz CT molecular complexity index is 1280. The average molecular weight is 454 g/mol. The van der Waals surface area contributed by atoms with Gasteiger partial charge in [0.05, 0.1) is 42.7 Å². The second kappa shape index (κ2) is 9.27. The number of carbonyl (C=O) groups is 2. The molecule has 1 aromatic heterocycles. The maximum Gasteiger partial charge on any atom is 0.261 e. The van der Waals surface area contributed by atoms with Crippen LogP contribution < -0.4 is 20.3 Å². The summed E-state index contributed by atoms with van der Waals surface area (Å²) in [5, 5.41) is 2.76. The molecule has 1 saturated heterocycles. The van der Waals surface area contributed by atoms with Gasteiger partial charge in [-0.05, 0) is 37.1 Å². The van der Waals surface area contributed by atoms with Crippen LogP contribution in [0.5, 0.6) is 11.5 Å². The average Bonchev–Trinajstić information content (AvgIpc) is 3.35. The van der Waals surface area contributed by atoms with Crippen LogP contribution in [0.15, 0.2) is 41.5 Å². The van der Waals surface area contributed by atoms with Crippen molar-refractivity contribution >= 4 is 28.4 Å². The molecule has 2 aromatic carbocycles. The Balaban J connectivity index is 1.64. The number of rotatable bonds is 6. The molecule has 0 unspecified atom stereocenters. The van der Waals surface area contributed by atoms with Gasteiger partial charge < -0.3 is 19.7 Å². The summed E-state index contributed by atoms with van der Waals surface area (Å²) in [6.45, 7) is 0.897. The SMILES string of the molecule is COc1cc(NC(=O)Cn2cnc3ccc(F)cc3c2=O)c(C(=O)N2CCCC2)cc1OC. The van der Waals surface area contributed by atoms with Gasteiger partial charge in [-0.2, -0.15) is 0 Å². The minimum Gasteiger partial charge on any atom is -0.493 e. The van der Waals surface area contributed by atoms with Crippen molar-refractivity contribution in [2.75, 3.05) is 32.6 Å². The first kappa shape index (κ1) is 22.3. The summed E-state index contributed by atoms with van der Waals surface area (Å²) in [6, 6.07) is 6.73. The van der Waals surface area contributed by atoms with Crippen molar-refractivity contribution in [3.05, 3.63) is 58.4 Å². The maximum atomic E-state index is 13.6. The quantitative estimate of drug-likeness (QED) is 0.614. The smallest absolute Gasteiger partial charge is 0.261 e. The van der Waals surface area contributed by atoms with E-state index in [-0.39, 0.29) is 29.1 Å². The number of likely N-dealkylation sites (tertiary alicyclic amines) is 1. The number of benzene rings is 2. The number of hydrogen-bond donors (Lipinski definition) is 1. The second-order valence-corrected chi connectivity index (χ2v) is 7.64. The van der Waals surface area contributed by atoms with Crippen molar-refractivity contribution in [3.63, 3.8) is 0 Å². The summed E-state index contributed by atoms with van der Waals surface area (Å²) >= 11 is 0. The highest BCUT2D eigenvalue weighted by atomic mass is 19.1. The third-order valence-electron chi connectivity index (χ3n) is 5.52. The lowest BCUT2D eigenvalue weighted by Gasteiger charge is -2.20. The zero-order valence-corrected chi connectivity index (χ0v) is 18.3. The van der Waals surface area contributed by atoms with E-state index in [1.807, 2.05) is 0 Å². The number of nitrogens with one attached hydrogen (secondary N) is 1. The van der Waals surface area contributed by atoms with Gasteiger partial charge in [-0.3, -0.25) is 19.0 Å². The van der Waals surface area contributed by atoms with Crippen LogP contribution in [0.1, 0.15) is 23.2 Å². The fraction of sp³-hybridized carbons (Fsp3) is 0.304. The number of hydrogen-bond acceptors (Lipinski definition) is 6. The van der Waals surface area contributed by atoms with Gasteiger partial charge in [-0.1, -0.05) is 0 Å². The molecule has 2 amide bonds. The van der Waals surface area contributed by atoms with Crippen molar-refractivity contribution in [3.8, 4) is 11.5 Å². The summed E-state index contributed by atoms with van der Waals surface area (Å²) < 4.78 is 25.3. The van der Waals surface area contributed by atoms with Crippen molar-refractivity contribution in [1.29, 1.82) is 0 Å². The second-order valence-electron chi connectivity index (χ2n) is 7.64. The Morgan fingerprint density at radius 2 is 1.79 bits per heavy atom. The van der Waals surface area contributed by atoms with Crippen molar-refractivity contribution in [1.82, 2.24) is 14.5 Å². The molecule has 0 radical (unpaired) electrons. The molecule has 1 N–H and O–H groups in total. The van der Waals surface area contributed by atoms with Gasteiger partial charge in [-0.25, -0.2) is 9.37 Å². The van der Waals surface area contributed by atoms with Gasteiger partial charge in [0.1, 0.15) is 12.4 Å². The fourth-order valence-corrected chi connectivity index (χ4v) is 3.84. The van der Waals surface area contributed by atoms with Gasteiger partial charge in [0.2, 0.25) is 5.91 Å². The van der Waals surface area contributed by atoms with Gasteiger partial charge in [0, 0.05) is 19.2 Å². The molecule has 1 aliphatic rings. The van der Waals surface area contributed by atoms with E-state index in [1.54, 1.807) is 4.90 Å². The Kier molecular flexibility index (Phi) is 6.25. The summed E-state index contributed by atoms with van der Waals surface area (Å²) in [5.74, 6) is -0.666. The van der Waals surface area contributed by atoms with Gasteiger partial charge in [0.25, 0.3) is 11.5 Å². The molecule has 9 nitrogen and oxygen atoms in total. The molecular formula is C23H23FN4O5. The van der Waals surface area contributed by atoms with Gasteiger partial charge in [-0.15, -0.1) is 0 Å². The Morgan fingerprint density at radius 3 is 2.48 bits per heavy atom. The van der Waals surface area contributed by atoms with E-state index >= 15 is 0 Å². The van der Waals surface area contributed by atoms with Crippen molar-refractivity contribution < 1.29 is 23.5 Å². The highest BCUT2D eigenvalue weighted by molar-refractivity contribution is 6.04. The van der Waals surface area contributed by atoms with Crippen LogP contribution in [0.2, 0.25) is 0 Å². The molecule has 2 heterocycles. The molecule has 1 fully saturated rings. The number of carbonyl (C=O) groups excluding carboxylic acids is 2. The number of nitrogens with zero attached hydrogens (tertiary/aromatic N) is 3. The first-order valence-corrected chi connectivity index (χ1v) is 10.4. The molecular weight excluding hydrogens is 431 g/mol. The monoisotopic (exact) mass is 454 g/mol. The third kappa shape index (κ3) is 4.50. The standard InChI is InChI=1S/C23H23FN4O5/c1-32-19-10-16(22(30)27-7-3-4-8-27)18(11-20(19)33-2)26-21(29)12-28-13-25-17-6-5-14(24)9-15(17)23(28)31/h5-6,9-11,13H,3-4,7-8,12H2,1-2H3,(H,26,29). The van der Waals surface area contributed by atoms with Gasteiger partial charge >= 0.3 is 0 Å². The highest BCUT2D eigenvalue weighted by Crippen LogP contribution is 2.34. The van der Waals surface area contributed by atoms with Crippen LogP contribution in [0, 0.1) is 5.82 Å². The minimum absolute atomic E-state index is 0.0707. The number of amides is 2. The lowest BCUT2D eigenvalue weighted by atomic mass is 10.1. The largest absolute Gasteiger partial charge is 0.493 e. The molecule has 0 saturated carbocycles. The Hall–Kier alpha value is -3.95. The first-order valence-electron chi connectivity index (χ1n) is 10.4. The normalized spacial score (nSPS) is 13.2.